The fourth-order valence-corrected chi connectivity index (χ4v) is 6.85. The molecule has 2 fully saturated rings. The first-order valence-electron chi connectivity index (χ1n) is 10.8. The summed E-state index contributed by atoms with van der Waals surface area (Å²) >= 11 is 0. The number of carbonyl (C=O) groups excluding carboxylic acids is 1. The van der Waals surface area contributed by atoms with Gasteiger partial charge in [-0.25, -0.2) is 0 Å². The molecule has 1 aromatic carbocycles. The van der Waals surface area contributed by atoms with Crippen molar-refractivity contribution in [3.05, 3.63) is 41.0 Å². The smallest absolute Gasteiger partial charge is 0.252 e. The molecule has 1 aromatic rings. The van der Waals surface area contributed by atoms with E-state index in [1.165, 1.54) is 19.3 Å². The fourth-order valence-electron chi connectivity index (χ4n) is 6.85. The van der Waals surface area contributed by atoms with Crippen LogP contribution in [-0.4, -0.2) is 63.6 Å². The second kappa shape index (κ2) is 6.06. The molecule has 6 nitrogen and oxygen atoms in total. The summed E-state index contributed by atoms with van der Waals surface area (Å²) in [4.78, 5) is 11.9. The van der Waals surface area contributed by atoms with Crippen molar-refractivity contribution < 1.29 is 24.6 Å². The first-order chi connectivity index (χ1) is 13.7. The molecule has 3 aliphatic carbocycles. The number of likely N-dealkylation sites (N-methyl/N-ethyl adjacent to an activating group) is 1. The lowest BCUT2D eigenvalue weighted by molar-refractivity contribution is -0.951. The van der Waals surface area contributed by atoms with Gasteiger partial charge >= 0.3 is 0 Å². The molecular formula is C23H31N2O4+. The van der Waals surface area contributed by atoms with Gasteiger partial charge in [0.15, 0.2) is 0 Å². The van der Waals surface area contributed by atoms with E-state index in [9.17, 15) is 20.1 Å². The fraction of sp³-hybridized carbons (Fsp3) is 0.609. The lowest BCUT2D eigenvalue weighted by Crippen LogP contribution is -2.78. The lowest BCUT2D eigenvalue weighted by atomic mass is 9.50. The van der Waals surface area contributed by atoms with Crippen LogP contribution in [0.25, 0.3) is 0 Å². The van der Waals surface area contributed by atoms with Crippen molar-refractivity contribution in [1.82, 2.24) is 0 Å². The number of aliphatic hydroxyl groups excluding tert-OH is 1. The van der Waals surface area contributed by atoms with Gasteiger partial charge in [-0.1, -0.05) is 18.6 Å². The number of quaternary nitrogens is 1. The highest BCUT2D eigenvalue weighted by Crippen LogP contribution is 2.60. The van der Waals surface area contributed by atoms with E-state index >= 15 is 0 Å². The van der Waals surface area contributed by atoms with Crippen molar-refractivity contribution >= 4 is 5.91 Å². The van der Waals surface area contributed by atoms with Crippen LogP contribution in [0.3, 0.4) is 0 Å². The maximum Gasteiger partial charge on any atom is 0.252 e. The maximum atomic E-state index is 12.2. The Hall–Kier alpha value is -1.89. The van der Waals surface area contributed by atoms with Gasteiger partial charge in [0.25, 0.3) is 5.91 Å². The number of nitrogens with two attached hydrogens (primary N) is 1. The second-order valence-electron chi connectivity index (χ2n) is 10.1. The number of primary amides is 1. The van der Waals surface area contributed by atoms with E-state index in [2.05, 4.69) is 7.05 Å². The van der Waals surface area contributed by atoms with Crippen LogP contribution < -0.4 is 5.73 Å². The van der Waals surface area contributed by atoms with Crippen molar-refractivity contribution in [3.8, 4) is 5.75 Å². The number of nitrogens with zero attached hydrogens (tertiary/aromatic N) is 1. The number of hydrogen-bond donors (Lipinski definition) is 4. The number of amides is 1. The van der Waals surface area contributed by atoms with E-state index in [0.29, 0.717) is 30.7 Å². The van der Waals surface area contributed by atoms with Gasteiger partial charge in [-0.15, -0.1) is 0 Å². The molecule has 29 heavy (non-hydrogen) atoms. The summed E-state index contributed by atoms with van der Waals surface area (Å²) in [5.74, 6) is -0.0913. The molecule has 5 N–H and O–H groups in total. The number of fused-ring (bicyclic) bond motifs is 1. The molecule has 4 aliphatic rings. The molecule has 1 saturated carbocycles. The van der Waals surface area contributed by atoms with E-state index in [4.69, 9.17) is 5.73 Å². The minimum atomic E-state index is -1.18. The molecule has 1 amide bonds. The molecular weight excluding hydrogens is 368 g/mol. The van der Waals surface area contributed by atoms with Gasteiger partial charge in [-0.05, 0) is 37.0 Å². The number of aromatic hydroxyl groups is 1. The average Bonchev–Trinajstić information content (AvgIpc) is 2.62. The van der Waals surface area contributed by atoms with Crippen molar-refractivity contribution in [2.24, 2.45) is 11.7 Å². The molecule has 1 saturated heterocycles. The van der Waals surface area contributed by atoms with Gasteiger partial charge in [0.1, 0.15) is 17.4 Å². The summed E-state index contributed by atoms with van der Waals surface area (Å²) in [7, 11) is 2.26. The molecule has 5 rings (SSSR count). The summed E-state index contributed by atoms with van der Waals surface area (Å²) in [6.07, 6.45) is 8.21. The summed E-state index contributed by atoms with van der Waals surface area (Å²) in [6, 6.07) is 3.43. The van der Waals surface area contributed by atoms with Crippen LogP contribution in [0.15, 0.2) is 24.3 Å². The average molecular weight is 400 g/mol. The number of likely N-dealkylation sites (tertiary alicyclic amines) is 1. The lowest BCUT2D eigenvalue weighted by Gasteiger charge is -2.65. The number of benzene rings is 1. The zero-order valence-corrected chi connectivity index (χ0v) is 17.0. The van der Waals surface area contributed by atoms with E-state index in [1.54, 1.807) is 18.2 Å². The van der Waals surface area contributed by atoms with Crippen molar-refractivity contribution in [2.75, 3.05) is 20.1 Å². The van der Waals surface area contributed by atoms with Crippen LogP contribution in [0, 0.1) is 5.92 Å². The van der Waals surface area contributed by atoms with Gasteiger partial charge < -0.3 is 25.5 Å². The Morgan fingerprint density at radius 1 is 1.34 bits per heavy atom. The van der Waals surface area contributed by atoms with Gasteiger partial charge in [0.05, 0.1) is 31.8 Å². The highest BCUT2D eigenvalue weighted by Gasteiger charge is 2.69. The largest absolute Gasteiger partial charge is 0.507 e. The van der Waals surface area contributed by atoms with E-state index in [0.717, 1.165) is 23.1 Å². The predicted molar refractivity (Wildman–Crippen MR) is 108 cm³/mol. The molecule has 0 spiro atoms. The van der Waals surface area contributed by atoms with Gasteiger partial charge in [-0.3, -0.25) is 4.79 Å². The van der Waals surface area contributed by atoms with Crippen LogP contribution in [0.2, 0.25) is 0 Å². The first-order valence-corrected chi connectivity index (χ1v) is 10.8. The number of aliphatic hydroxyl groups is 2. The quantitative estimate of drug-likeness (QED) is 0.455. The first kappa shape index (κ1) is 19.1. The zero-order valence-electron chi connectivity index (χ0n) is 17.0. The molecule has 0 aromatic heterocycles. The van der Waals surface area contributed by atoms with Crippen molar-refractivity contribution in [3.63, 3.8) is 0 Å². The van der Waals surface area contributed by atoms with Gasteiger partial charge in [0, 0.05) is 29.7 Å². The van der Waals surface area contributed by atoms with Crippen LogP contribution in [0.5, 0.6) is 5.75 Å². The number of hydrogen-bond acceptors (Lipinski definition) is 4. The minimum Gasteiger partial charge on any atom is -0.507 e. The Morgan fingerprint density at radius 3 is 2.76 bits per heavy atom. The van der Waals surface area contributed by atoms with Crippen molar-refractivity contribution in [2.45, 2.75) is 61.7 Å². The highest BCUT2D eigenvalue weighted by molar-refractivity contribution is 5.96. The summed E-state index contributed by atoms with van der Waals surface area (Å²) < 4.78 is 0.807. The third-order valence-corrected chi connectivity index (χ3v) is 8.53. The van der Waals surface area contributed by atoms with Gasteiger partial charge in [0.2, 0.25) is 0 Å². The highest BCUT2D eigenvalue weighted by atomic mass is 16.3. The Kier molecular flexibility index (Phi) is 3.99. The molecule has 2 unspecified atom stereocenters. The standard InChI is InChI=1S/C23H30N2O4/c1-25(13-14-3-2-4-14)10-9-22-12-16(26)7-8-23(22,29)18(25)11-15-5-6-17(21(24)28)20(27)19(15)22/h5-8,14,16,18,26,29H,2-4,9-13H2,1H3,(H2-,24,27,28)/p+1/t16-,18?,22?,23+,25-/m0/s1. The van der Waals surface area contributed by atoms with E-state index in [1.807, 2.05) is 6.07 Å². The predicted octanol–water partition coefficient (Wildman–Crippen LogP) is 1.36. The number of carbonyl (C=O) groups is 1. The Labute approximate surface area is 171 Å². The molecule has 2 bridgehead atoms. The zero-order chi connectivity index (χ0) is 20.6. The van der Waals surface area contributed by atoms with Crippen LogP contribution in [0.4, 0.5) is 0 Å². The van der Waals surface area contributed by atoms with Crippen LogP contribution in [0.1, 0.15) is 53.6 Å². The topological polar surface area (TPSA) is 104 Å². The van der Waals surface area contributed by atoms with E-state index < -0.39 is 23.0 Å². The molecule has 1 heterocycles. The molecule has 5 atom stereocenters. The molecule has 156 valence electrons. The molecule has 0 radical (unpaired) electrons. The summed E-state index contributed by atoms with van der Waals surface area (Å²) in [5.41, 5.74) is 5.16. The van der Waals surface area contributed by atoms with Crippen LogP contribution >= 0.6 is 0 Å². The summed E-state index contributed by atoms with van der Waals surface area (Å²) in [6.45, 7) is 1.93. The molecule has 1 aliphatic heterocycles. The Balaban J connectivity index is 1.71. The van der Waals surface area contributed by atoms with Crippen molar-refractivity contribution in [1.29, 1.82) is 0 Å². The number of phenols is 1. The third kappa shape index (κ3) is 2.43. The minimum absolute atomic E-state index is 0.0491. The summed E-state index contributed by atoms with van der Waals surface area (Å²) in [5, 5.41) is 33.7. The monoisotopic (exact) mass is 399 g/mol. The third-order valence-electron chi connectivity index (χ3n) is 8.53. The number of rotatable bonds is 3. The van der Waals surface area contributed by atoms with Crippen LogP contribution in [-0.2, 0) is 11.8 Å². The SMILES string of the molecule is C[N@@+]1(CC2CCC2)CCC23C[C@@H](O)C=C[C@@]2(O)C1Cc1ccc(C(N)=O)c(O)c13. The second-order valence-corrected chi connectivity index (χ2v) is 10.1. The Bertz CT molecular complexity index is 910. The van der Waals surface area contributed by atoms with Gasteiger partial charge in [-0.2, -0.15) is 0 Å². The maximum absolute atomic E-state index is 12.2. The number of piperidine rings is 1. The van der Waals surface area contributed by atoms with E-state index in [-0.39, 0.29) is 17.4 Å². The Morgan fingerprint density at radius 2 is 2.10 bits per heavy atom. The molecule has 6 heteroatoms. The normalized spacial score (nSPS) is 40.7.